The molecule has 1 unspecified atom stereocenters. The molecule has 1 aromatic rings. The van der Waals surface area contributed by atoms with Gasteiger partial charge in [0.25, 0.3) is 0 Å². The molecule has 2 rings (SSSR count). The van der Waals surface area contributed by atoms with Gasteiger partial charge in [-0.25, -0.2) is 8.42 Å². The number of nitrogens with zero attached hydrogens (tertiary/aromatic N) is 2. The summed E-state index contributed by atoms with van der Waals surface area (Å²) >= 11 is 0. The highest BCUT2D eigenvalue weighted by Crippen LogP contribution is 2.30. The molecule has 0 bridgehead atoms. The van der Waals surface area contributed by atoms with Gasteiger partial charge >= 0.3 is 5.69 Å². The number of rotatable bonds is 3. The van der Waals surface area contributed by atoms with Gasteiger partial charge in [0.1, 0.15) is 0 Å². The Morgan fingerprint density at radius 2 is 2.16 bits per heavy atom. The Morgan fingerprint density at radius 1 is 1.47 bits per heavy atom. The van der Waals surface area contributed by atoms with Crippen LogP contribution in [0.5, 0.6) is 0 Å². The topological polar surface area (TPSA) is 101 Å². The highest BCUT2D eigenvalue weighted by Gasteiger charge is 2.37. The van der Waals surface area contributed by atoms with E-state index in [0.717, 1.165) is 22.5 Å². The normalized spacial score (nSPS) is 20.6. The minimum absolute atomic E-state index is 0.0527. The molecule has 1 saturated heterocycles. The van der Waals surface area contributed by atoms with E-state index in [2.05, 4.69) is 0 Å². The van der Waals surface area contributed by atoms with Crippen LogP contribution in [-0.2, 0) is 10.0 Å². The lowest BCUT2D eigenvalue weighted by Gasteiger charge is -2.15. The molecule has 0 aliphatic carbocycles. The molecule has 0 spiro atoms. The van der Waals surface area contributed by atoms with E-state index in [1.54, 1.807) is 0 Å². The standard InChI is InChI=1S/C10H11FN2O5S/c11-8-2-1-3-9(10(8)13(15)16)19(17,18)12-5-4-7(14)6-12/h1-3,7,14H,4-6H2. The number of halogens is 1. The Bertz CT molecular complexity index is 618. The molecular formula is C10H11FN2O5S. The van der Waals surface area contributed by atoms with Crippen LogP contribution in [0.2, 0.25) is 0 Å². The number of benzene rings is 1. The molecule has 1 fully saturated rings. The van der Waals surface area contributed by atoms with Gasteiger partial charge in [0.2, 0.25) is 15.8 Å². The summed E-state index contributed by atoms with van der Waals surface area (Å²) in [5.41, 5.74) is -1.07. The fourth-order valence-corrected chi connectivity index (χ4v) is 3.61. The first-order valence-corrected chi connectivity index (χ1v) is 6.89. The highest BCUT2D eigenvalue weighted by molar-refractivity contribution is 7.89. The zero-order valence-corrected chi connectivity index (χ0v) is 10.5. The average molecular weight is 290 g/mol. The molecule has 1 heterocycles. The van der Waals surface area contributed by atoms with Gasteiger partial charge in [-0.2, -0.15) is 8.70 Å². The number of nitro benzene ring substituents is 1. The fraction of sp³-hybridized carbons (Fsp3) is 0.400. The molecule has 7 nitrogen and oxygen atoms in total. The second kappa shape index (κ2) is 4.83. The van der Waals surface area contributed by atoms with Crippen molar-refractivity contribution < 1.29 is 22.8 Å². The predicted octanol–water partition coefficient (Wildman–Crippen LogP) is 0.489. The Labute approximate surface area is 108 Å². The maximum Gasteiger partial charge on any atom is 0.324 e. The number of hydrogen-bond acceptors (Lipinski definition) is 5. The quantitative estimate of drug-likeness (QED) is 0.645. The summed E-state index contributed by atoms with van der Waals surface area (Å²) in [7, 11) is -4.18. The summed E-state index contributed by atoms with van der Waals surface area (Å²) in [6.45, 7) is -0.0901. The first kappa shape index (κ1) is 13.8. The van der Waals surface area contributed by atoms with Crippen LogP contribution in [0.15, 0.2) is 23.1 Å². The lowest BCUT2D eigenvalue weighted by Crippen LogP contribution is -2.30. The van der Waals surface area contributed by atoms with Gasteiger partial charge in [0, 0.05) is 13.1 Å². The minimum Gasteiger partial charge on any atom is -0.392 e. The van der Waals surface area contributed by atoms with Crippen LogP contribution in [-0.4, -0.2) is 41.9 Å². The van der Waals surface area contributed by atoms with Crippen LogP contribution in [0.3, 0.4) is 0 Å². The maximum absolute atomic E-state index is 13.4. The number of hydrogen-bond donors (Lipinski definition) is 1. The first-order valence-electron chi connectivity index (χ1n) is 5.45. The SMILES string of the molecule is O=[N+]([O-])c1c(F)cccc1S(=O)(=O)N1CCC(O)C1. The van der Waals surface area contributed by atoms with E-state index in [1.807, 2.05) is 0 Å². The van der Waals surface area contributed by atoms with Crippen molar-refractivity contribution in [3.63, 3.8) is 0 Å². The van der Waals surface area contributed by atoms with E-state index < -0.39 is 37.5 Å². The molecule has 1 aliphatic rings. The lowest BCUT2D eigenvalue weighted by molar-refractivity contribution is -0.390. The third-order valence-corrected chi connectivity index (χ3v) is 4.77. The van der Waals surface area contributed by atoms with Gasteiger partial charge < -0.3 is 5.11 Å². The number of para-hydroxylation sites is 1. The Hall–Kier alpha value is -1.58. The maximum atomic E-state index is 13.4. The van der Waals surface area contributed by atoms with Crippen molar-refractivity contribution in [3.05, 3.63) is 34.1 Å². The molecule has 0 aromatic heterocycles. The van der Waals surface area contributed by atoms with Crippen molar-refractivity contribution in [2.24, 2.45) is 0 Å². The third-order valence-electron chi connectivity index (χ3n) is 2.88. The number of sulfonamides is 1. The fourth-order valence-electron chi connectivity index (χ4n) is 1.95. The molecule has 1 N–H and O–H groups in total. The second-order valence-corrected chi connectivity index (χ2v) is 6.06. The smallest absolute Gasteiger partial charge is 0.324 e. The Morgan fingerprint density at radius 3 is 2.68 bits per heavy atom. The van der Waals surface area contributed by atoms with Crippen LogP contribution in [0.25, 0.3) is 0 Å². The van der Waals surface area contributed by atoms with E-state index >= 15 is 0 Å². The van der Waals surface area contributed by atoms with E-state index in [0.29, 0.717) is 0 Å². The number of aliphatic hydroxyl groups is 1. The molecule has 1 atom stereocenters. The predicted molar refractivity (Wildman–Crippen MR) is 62.4 cm³/mol. The Balaban J connectivity index is 2.52. The highest BCUT2D eigenvalue weighted by atomic mass is 32.2. The van der Waals surface area contributed by atoms with Gasteiger partial charge in [-0.15, -0.1) is 0 Å². The number of aliphatic hydroxyl groups excluding tert-OH is 1. The molecular weight excluding hydrogens is 279 g/mol. The largest absolute Gasteiger partial charge is 0.392 e. The minimum atomic E-state index is -4.18. The van der Waals surface area contributed by atoms with E-state index in [4.69, 9.17) is 0 Å². The summed E-state index contributed by atoms with van der Waals surface area (Å²) in [5, 5.41) is 20.1. The molecule has 104 valence electrons. The lowest BCUT2D eigenvalue weighted by atomic mass is 10.3. The molecule has 1 aliphatic heterocycles. The van der Waals surface area contributed by atoms with Crippen LogP contribution in [0.1, 0.15) is 6.42 Å². The first-order chi connectivity index (χ1) is 8.84. The van der Waals surface area contributed by atoms with Gasteiger partial charge in [-0.3, -0.25) is 10.1 Å². The van der Waals surface area contributed by atoms with E-state index in [1.165, 1.54) is 0 Å². The molecule has 19 heavy (non-hydrogen) atoms. The van der Waals surface area contributed by atoms with Crippen molar-refractivity contribution in [2.45, 2.75) is 17.4 Å². The van der Waals surface area contributed by atoms with E-state index in [-0.39, 0.29) is 19.5 Å². The third kappa shape index (κ3) is 2.44. The zero-order valence-electron chi connectivity index (χ0n) is 9.69. The van der Waals surface area contributed by atoms with Gasteiger partial charge in [0.05, 0.1) is 11.0 Å². The Kier molecular flexibility index (Phi) is 3.52. The summed E-state index contributed by atoms with van der Waals surface area (Å²) in [5.74, 6) is -1.20. The average Bonchev–Trinajstić information content (AvgIpc) is 2.75. The van der Waals surface area contributed by atoms with Gasteiger partial charge in [-0.05, 0) is 18.6 Å². The van der Waals surface area contributed by atoms with Crippen molar-refractivity contribution in [3.8, 4) is 0 Å². The molecule has 0 amide bonds. The second-order valence-electron chi connectivity index (χ2n) is 4.15. The van der Waals surface area contributed by atoms with Crippen molar-refractivity contribution in [1.29, 1.82) is 0 Å². The summed E-state index contributed by atoms with van der Waals surface area (Å²) in [6.07, 6.45) is -0.551. The molecule has 1 aromatic carbocycles. The van der Waals surface area contributed by atoms with Crippen LogP contribution in [0.4, 0.5) is 10.1 Å². The summed E-state index contributed by atoms with van der Waals surface area (Å²) in [6, 6.07) is 2.92. The number of nitro groups is 1. The molecule has 0 radical (unpaired) electrons. The van der Waals surface area contributed by atoms with Gasteiger partial charge in [0.15, 0.2) is 4.90 Å². The van der Waals surface area contributed by atoms with Crippen molar-refractivity contribution in [2.75, 3.05) is 13.1 Å². The summed E-state index contributed by atoms with van der Waals surface area (Å²) < 4.78 is 38.7. The van der Waals surface area contributed by atoms with Crippen LogP contribution >= 0.6 is 0 Å². The molecule has 9 heteroatoms. The van der Waals surface area contributed by atoms with Crippen LogP contribution < -0.4 is 0 Å². The van der Waals surface area contributed by atoms with E-state index in [9.17, 15) is 28.0 Å². The molecule has 0 saturated carbocycles. The summed E-state index contributed by atoms with van der Waals surface area (Å²) in [4.78, 5) is 9.05. The van der Waals surface area contributed by atoms with Crippen molar-refractivity contribution in [1.82, 2.24) is 4.31 Å². The van der Waals surface area contributed by atoms with Crippen LogP contribution in [0, 0.1) is 15.9 Å². The van der Waals surface area contributed by atoms with Gasteiger partial charge in [-0.1, -0.05) is 6.07 Å². The van der Waals surface area contributed by atoms with Crippen molar-refractivity contribution >= 4 is 15.7 Å². The monoisotopic (exact) mass is 290 g/mol. The zero-order chi connectivity index (χ0) is 14.2. The number of β-amino-alcohol motifs (C(OH)–C–C–N with tert-alkyl or cyclic N) is 1.